The maximum absolute atomic E-state index is 6.29. The van der Waals surface area contributed by atoms with Crippen molar-refractivity contribution in [3.05, 3.63) is 41.0 Å². The molecule has 0 aliphatic carbocycles. The van der Waals surface area contributed by atoms with E-state index >= 15 is 0 Å². The molecule has 0 amide bonds. The molecule has 4 nitrogen and oxygen atoms in total. The van der Waals surface area contributed by atoms with Crippen LogP contribution in [0.15, 0.2) is 24.3 Å². The van der Waals surface area contributed by atoms with Gasteiger partial charge in [-0.25, -0.2) is 0 Å². The topological polar surface area (TPSA) is 36.9 Å². The van der Waals surface area contributed by atoms with E-state index in [4.69, 9.17) is 18.9 Å². The minimum absolute atomic E-state index is 0.555. The molecule has 1 aliphatic rings. The lowest BCUT2D eigenvalue weighted by molar-refractivity contribution is 0.254. The highest BCUT2D eigenvalue weighted by Gasteiger charge is 2.31. The van der Waals surface area contributed by atoms with Crippen molar-refractivity contribution in [3.63, 3.8) is 0 Å². The van der Waals surface area contributed by atoms with Crippen molar-refractivity contribution in [2.75, 3.05) is 19.8 Å². The molecule has 1 aliphatic heterocycles. The molecular formula is C21H26O4. The van der Waals surface area contributed by atoms with Crippen LogP contribution in [0.3, 0.4) is 0 Å². The summed E-state index contributed by atoms with van der Waals surface area (Å²) in [7, 11) is 0. The molecule has 0 spiro atoms. The largest absolute Gasteiger partial charge is 0.489 e. The second-order valence-corrected chi connectivity index (χ2v) is 5.81. The minimum atomic E-state index is 0.555. The average molecular weight is 342 g/mol. The third-order valence-electron chi connectivity index (χ3n) is 4.28. The fraction of sp³-hybridized carbons (Fsp3) is 0.429. The van der Waals surface area contributed by atoms with Gasteiger partial charge in [0.25, 0.3) is 0 Å². The molecule has 2 aromatic carbocycles. The van der Waals surface area contributed by atoms with Crippen LogP contribution in [0.2, 0.25) is 0 Å². The van der Waals surface area contributed by atoms with E-state index in [1.165, 1.54) is 0 Å². The predicted octanol–water partition coefficient (Wildman–Crippen LogP) is 5.14. The van der Waals surface area contributed by atoms with E-state index in [1.807, 2.05) is 39.0 Å². The fourth-order valence-electron chi connectivity index (χ4n) is 3.29. The molecule has 0 N–H and O–H groups in total. The lowest BCUT2D eigenvalue weighted by atomic mass is 9.94. The molecule has 0 atom stereocenters. The number of hydrogen-bond acceptors (Lipinski definition) is 4. The van der Waals surface area contributed by atoms with Crippen molar-refractivity contribution in [3.8, 4) is 28.7 Å². The summed E-state index contributed by atoms with van der Waals surface area (Å²) >= 11 is 0. The highest BCUT2D eigenvalue weighted by molar-refractivity contribution is 5.70. The Morgan fingerprint density at radius 3 is 2.16 bits per heavy atom. The first-order valence-electron chi connectivity index (χ1n) is 9.10. The van der Waals surface area contributed by atoms with Gasteiger partial charge >= 0.3 is 0 Å². The molecule has 0 unspecified atom stereocenters. The Morgan fingerprint density at radius 2 is 1.48 bits per heavy atom. The van der Waals surface area contributed by atoms with E-state index in [9.17, 15) is 0 Å². The van der Waals surface area contributed by atoms with Crippen molar-refractivity contribution in [1.82, 2.24) is 0 Å². The van der Waals surface area contributed by atoms with Gasteiger partial charge in [0, 0.05) is 17.5 Å². The molecule has 4 heteroatoms. The SMILES string of the molecule is CCOc1c(CC)c2c(c(OCC)c1OCC)Cc1ccccc1O2. The summed E-state index contributed by atoms with van der Waals surface area (Å²) in [5, 5.41) is 0. The molecular weight excluding hydrogens is 316 g/mol. The number of rotatable bonds is 7. The minimum Gasteiger partial charge on any atom is -0.489 e. The molecule has 0 aromatic heterocycles. The van der Waals surface area contributed by atoms with Crippen molar-refractivity contribution >= 4 is 0 Å². The Labute approximate surface area is 149 Å². The van der Waals surface area contributed by atoms with Gasteiger partial charge < -0.3 is 18.9 Å². The van der Waals surface area contributed by atoms with E-state index in [-0.39, 0.29) is 0 Å². The van der Waals surface area contributed by atoms with E-state index in [1.54, 1.807) is 0 Å². The predicted molar refractivity (Wildman–Crippen MR) is 98.6 cm³/mol. The summed E-state index contributed by atoms with van der Waals surface area (Å²) in [6, 6.07) is 8.13. The van der Waals surface area contributed by atoms with Crippen LogP contribution in [0, 0.1) is 0 Å². The van der Waals surface area contributed by atoms with Crippen molar-refractivity contribution < 1.29 is 18.9 Å². The number of benzene rings is 2. The molecule has 1 heterocycles. The van der Waals surface area contributed by atoms with Crippen LogP contribution in [-0.4, -0.2) is 19.8 Å². The first-order chi connectivity index (χ1) is 12.2. The molecule has 25 heavy (non-hydrogen) atoms. The standard InChI is InChI=1S/C21H26O4/c1-5-15-18-16(13-14-11-9-10-12-17(14)25-18)20(23-7-3)21(24-8-4)19(15)22-6-2/h9-12H,5-8,13H2,1-4H3. The summed E-state index contributed by atoms with van der Waals surface area (Å²) in [6.07, 6.45) is 1.56. The molecule has 3 rings (SSSR count). The summed E-state index contributed by atoms with van der Waals surface area (Å²) < 4.78 is 24.2. The van der Waals surface area contributed by atoms with Crippen molar-refractivity contribution in [2.45, 2.75) is 40.5 Å². The Bertz CT molecular complexity index is 752. The van der Waals surface area contributed by atoms with Gasteiger partial charge in [0.15, 0.2) is 11.5 Å². The van der Waals surface area contributed by atoms with Crippen LogP contribution in [0.5, 0.6) is 28.7 Å². The number of ether oxygens (including phenoxy) is 4. The van der Waals surface area contributed by atoms with Gasteiger partial charge in [-0.2, -0.15) is 0 Å². The second kappa shape index (κ2) is 7.68. The van der Waals surface area contributed by atoms with Gasteiger partial charge in [-0.3, -0.25) is 0 Å². The molecule has 0 fully saturated rings. The first kappa shape index (κ1) is 17.5. The monoisotopic (exact) mass is 342 g/mol. The van der Waals surface area contributed by atoms with Crippen LogP contribution in [0.4, 0.5) is 0 Å². The summed E-state index contributed by atoms with van der Waals surface area (Å²) in [5.74, 6) is 3.95. The smallest absolute Gasteiger partial charge is 0.204 e. The van der Waals surface area contributed by atoms with Gasteiger partial charge in [-0.15, -0.1) is 0 Å². The summed E-state index contributed by atoms with van der Waals surface area (Å²) in [5.41, 5.74) is 3.24. The molecule has 0 bridgehead atoms. The van der Waals surface area contributed by atoms with Crippen LogP contribution in [0.25, 0.3) is 0 Å². The summed E-state index contributed by atoms with van der Waals surface area (Å²) in [6.45, 7) is 9.72. The summed E-state index contributed by atoms with van der Waals surface area (Å²) in [4.78, 5) is 0. The molecule has 134 valence electrons. The third-order valence-corrected chi connectivity index (χ3v) is 4.28. The van der Waals surface area contributed by atoms with E-state index in [0.717, 1.165) is 52.5 Å². The highest BCUT2D eigenvalue weighted by Crippen LogP contribution is 2.53. The maximum Gasteiger partial charge on any atom is 0.204 e. The van der Waals surface area contributed by atoms with Crippen LogP contribution in [0.1, 0.15) is 44.4 Å². The normalized spacial score (nSPS) is 12.0. The zero-order valence-electron chi connectivity index (χ0n) is 15.5. The Hall–Kier alpha value is -2.36. The van der Waals surface area contributed by atoms with Crippen LogP contribution < -0.4 is 18.9 Å². The highest BCUT2D eigenvalue weighted by atomic mass is 16.5. The number of hydrogen-bond donors (Lipinski definition) is 0. The Balaban J connectivity index is 2.25. The molecule has 0 saturated carbocycles. The number of para-hydroxylation sites is 1. The van der Waals surface area contributed by atoms with Gasteiger partial charge in [-0.1, -0.05) is 25.1 Å². The second-order valence-electron chi connectivity index (χ2n) is 5.81. The zero-order chi connectivity index (χ0) is 17.8. The zero-order valence-corrected chi connectivity index (χ0v) is 15.5. The third kappa shape index (κ3) is 3.13. The lowest BCUT2D eigenvalue weighted by Crippen LogP contribution is -2.12. The van der Waals surface area contributed by atoms with E-state index < -0.39 is 0 Å². The quantitative estimate of drug-likeness (QED) is 0.595. The van der Waals surface area contributed by atoms with Crippen LogP contribution >= 0.6 is 0 Å². The van der Waals surface area contributed by atoms with Gasteiger partial charge in [0.1, 0.15) is 11.5 Å². The Morgan fingerprint density at radius 1 is 0.840 bits per heavy atom. The van der Waals surface area contributed by atoms with E-state index in [2.05, 4.69) is 13.0 Å². The molecule has 0 radical (unpaired) electrons. The van der Waals surface area contributed by atoms with Crippen molar-refractivity contribution in [1.29, 1.82) is 0 Å². The average Bonchev–Trinajstić information content (AvgIpc) is 2.63. The van der Waals surface area contributed by atoms with E-state index in [0.29, 0.717) is 25.6 Å². The fourth-order valence-corrected chi connectivity index (χ4v) is 3.29. The van der Waals surface area contributed by atoms with Gasteiger partial charge in [0.2, 0.25) is 5.75 Å². The molecule has 0 saturated heterocycles. The van der Waals surface area contributed by atoms with Crippen molar-refractivity contribution in [2.24, 2.45) is 0 Å². The van der Waals surface area contributed by atoms with Crippen LogP contribution in [-0.2, 0) is 12.8 Å². The molecule has 2 aromatic rings. The number of fused-ring (bicyclic) bond motifs is 2. The van der Waals surface area contributed by atoms with Gasteiger partial charge in [0.05, 0.1) is 19.8 Å². The maximum atomic E-state index is 6.29. The first-order valence-corrected chi connectivity index (χ1v) is 9.10. The Kier molecular flexibility index (Phi) is 5.37. The lowest BCUT2D eigenvalue weighted by Gasteiger charge is -2.28. The van der Waals surface area contributed by atoms with Gasteiger partial charge in [-0.05, 0) is 38.8 Å².